The van der Waals surface area contributed by atoms with Crippen LogP contribution in [0.1, 0.15) is 25.3 Å². The van der Waals surface area contributed by atoms with Crippen molar-refractivity contribution >= 4 is 17.7 Å². The number of primary amides is 1. The molecule has 1 amide bonds. The highest BCUT2D eigenvalue weighted by molar-refractivity contribution is 7.98. The third-order valence-electron chi connectivity index (χ3n) is 3.23. The maximum atomic E-state index is 11.7. The largest absolute Gasteiger partial charge is 0.368 e. The molecule has 1 atom stereocenters. The molecule has 1 fully saturated rings. The van der Waals surface area contributed by atoms with Crippen molar-refractivity contribution in [1.29, 1.82) is 0 Å². The molecule has 1 aromatic carbocycles. The van der Waals surface area contributed by atoms with Crippen LogP contribution in [0.25, 0.3) is 0 Å². The van der Waals surface area contributed by atoms with E-state index in [1.54, 1.807) is 11.8 Å². The Bertz CT molecular complexity index is 414. The highest BCUT2D eigenvalue weighted by Crippen LogP contribution is 2.29. The number of benzene rings is 1. The van der Waals surface area contributed by atoms with E-state index in [-0.39, 0.29) is 5.91 Å². The lowest BCUT2D eigenvalue weighted by Gasteiger charge is -2.28. The van der Waals surface area contributed by atoms with Gasteiger partial charge in [0.1, 0.15) is 5.54 Å². The Hall–Kier alpha value is -1.00. The Morgan fingerprint density at radius 2 is 2.00 bits per heavy atom. The molecule has 4 heteroatoms. The molecule has 0 aliphatic heterocycles. The van der Waals surface area contributed by atoms with Crippen molar-refractivity contribution < 1.29 is 4.79 Å². The molecule has 1 saturated carbocycles. The fourth-order valence-electron chi connectivity index (χ4n) is 1.86. The molecule has 1 unspecified atom stereocenters. The van der Waals surface area contributed by atoms with Crippen LogP contribution in [-0.2, 0) is 10.3 Å². The van der Waals surface area contributed by atoms with Gasteiger partial charge in [-0.15, -0.1) is 11.8 Å². The monoisotopic (exact) mass is 250 g/mol. The Balaban J connectivity index is 2.27. The SMILES string of the molecule is CSc1ccc(C(C)(NC2CC2)C(N)=O)cc1. The first-order chi connectivity index (χ1) is 8.06. The zero-order chi connectivity index (χ0) is 12.5. The average Bonchev–Trinajstić information content (AvgIpc) is 3.12. The van der Waals surface area contributed by atoms with E-state index in [1.807, 2.05) is 37.4 Å². The second-order valence-corrected chi connectivity index (χ2v) is 5.52. The second-order valence-electron chi connectivity index (χ2n) is 4.64. The summed E-state index contributed by atoms with van der Waals surface area (Å²) in [6.45, 7) is 1.86. The summed E-state index contributed by atoms with van der Waals surface area (Å²) in [6.07, 6.45) is 4.29. The van der Waals surface area contributed by atoms with E-state index in [4.69, 9.17) is 5.73 Å². The summed E-state index contributed by atoms with van der Waals surface area (Å²) in [7, 11) is 0. The van der Waals surface area contributed by atoms with Gasteiger partial charge in [0.05, 0.1) is 0 Å². The molecular weight excluding hydrogens is 232 g/mol. The number of carbonyl (C=O) groups is 1. The number of thioether (sulfide) groups is 1. The van der Waals surface area contributed by atoms with Crippen molar-refractivity contribution in [2.45, 2.75) is 36.2 Å². The van der Waals surface area contributed by atoms with Crippen LogP contribution in [0.3, 0.4) is 0 Å². The molecule has 2 rings (SSSR count). The van der Waals surface area contributed by atoms with Gasteiger partial charge < -0.3 is 5.73 Å². The molecule has 0 bridgehead atoms. The second kappa shape index (κ2) is 4.70. The van der Waals surface area contributed by atoms with Gasteiger partial charge in [0.15, 0.2) is 0 Å². The zero-order valence-corrected chi connectivity index (χ0v) is 11.0. The van der Waals surface area contributed by atoms with E-state index < -0.39 is 5.54 Å². The predicted molar refractivity (Wildman–Crippen MR) is 70.9 cm³/mol. The molecule has 1 aliphatic rings. The van der Waals surface area contributed by atoms with Gasteiger partial charge in [0, 0.05) is 10.9 Å². The van der Waals surface area contributed by atoms with Gasteiger partial charge in [-0.05, 0) is 43.7 Å². The third-order valence-corrected chi connectivity index (χ3v) is 3.97. The van der Waals surface area contributed by atoms with Crippen LogP contribution in [0, 0.1) is 0 Å². The quantitative estimate of drug-likeness (QED) is 0.784. The van der Waals surface area contributed by atoms with Gasteiger partial charge in [0.2, 0.25) is 5.91 Å². The maximum Gasteiger partial charge on any atom is 0.242 e. The summed E-state index contributed by atoms with van der Waals surface area (Å²) in [4.78, 5) is 12.9. The fourth-order valence-corrected chi connectivity index (χ4v) is 2.27. The van der Waals surface area contributed by atoms with E-state index in [0.717, 1.165) is 18.4 Å². The lowest BCUT2D eigenvalue weighted by molar-refractivity contribution is -0.124. The van der Waals surface area contributed by atoms with Crippen molar-refractivity contribution in [3.05, 3.63) is 29.8 Å². The van der Waals surface area contributed by atoms with Crippen LogP contribution in [0.2, 0.25) is 0 Å². The third kappa shape index (κ3) is 2.64. The van der Waals surface area contributed by atoms with E-state index in [1.165, 1.54) is 4.90 Å². The molecule has 0 spiro atoms. The molecule has 0 aromatic heterocycles. The Labute approximate surface area is 106 Å². The van der Waals surface area contributed by atoms with Gasteiger partial charge in [-0.2, -0.15) is 0 Å². The van der Waals surface area contributed by atoms with E-state index in [9.17, 15) is 4.79 Å². The molecule has 0 heterocycles. The maximum absolute atomic E-state index is 11.7. The highest BCUT2D eigenvalue weighted by atomic mass is 32.2. The Morgan fingerprint density at radius 3 is 2.41 bits per heavy atom. The molecule has 0 radical (unpaired) electrons. The van der Waals surface area contributed by atoms with Crippen molar-refractivity contribution in [3.63, 3.8) is 0 Å². The van der Waals surface area contributed by atoms with Gasteiger partial charge in [-0.1, -0.05) is 12.1 Å². The Kier molecular flexibility index (Phi) is 3.45. The van der Waals surface area contributed by atoms with E-state index in [0.29, 0.717) is 6.04 Å². The lowest BCUT2D eigenvalue weighted by Crippen LogP contribution is -2.51. The van der Waals surface area contributed by atoms with Crippen molar-refractivity contribution in [2.75, 3.05) is 6.26 Å². The molecule has 17 heavy (non-hydrogen) atoms. The van der Waals surface area contributed by atoms with E-state index >= 15 is 0 Å². The zero-order valence-electron chi connectivity index (χ0n) is 10.2. The molecule has 3 N–H and O–H groups in total. The first-order valence-electron chi connectivity index (χ1n) is 5.78. The molecule has 3 nitrogen and oxygen atoms in total. The van der Waals surface area contributed by atoms with Crippen molar-refractivity contribution in [3.8, 4) is 0 Å². The topological polar surface area (TPSA) is 55.1 Å². The minimum atomic E-state index is -0.752. The van der Waals surface area contributed by atoms with Crippen LogP contribution in [-0.4, -0.2) is 18.2 Å². The lowest BCUT2D eigenvalue weighted by atomic mass is 9.91. The summed E-state index contributed by atoms with van der Waals surface area (Å²) in [5.41, 5.74) is 5.73. The van der Waals surface area contributed by atoms with Gasteiger partial charge in [-0.3, -0.25) is 10.1 Å². The molecule has 0 saturated heterocycles. The number of carbonyl (C=O) groups excluding carboxylic acids is 1. The average molecular weight is 250 g/mol. The number of rotatable bonds is 5. The number of hydrogen-bond acceptors (Lipinski definition) is 3. The minimum absolute atomic E-state index is 0.318. The smallest absolute Gasteiger partial charge is 0.242 e. The summed E-state index contributed by atoms with van der Waals surface area (Å²) < 4.78 is 0. The van der Waals surface area contributed by atoms with Crippen LogP contribution in [0.4, 0.5) is 0 Å². The van der Waals surface area contributed by atoms with Crippen LogP contribution in [0.15, 0.2) is 29.2 Å². The van der Waals surface area contributed by atoms with Crippen LogP contribution < -0.4 is 11.1 Å². The van der Waals surface area contributed by atoms with Crippen molar-refractivity contribution in [2.24, 2.45) is 5.73 Å². The normalized spacial score (nSPS) is 18.7. The number of amides is 1. The van der Waals surface area contributed by atoms with Gasteiger partial charge in [0.25, 0.3) is 0 Å². The van der Waals surface area contributed by atoms with Gasteiger partial charge in [-0.25, -0.2) is 0 Å². The summed E-state index contributed by atoms with van der Waals surface area (Å²) in [6, 6.07) is 8.44. The predicted octanol–water partition coefficient (Wildman–Crippen LogP) is 1.86. The van der Waals surface area contributed by atoms with Crippen molar-refractivity contribution in [1.82, 2.24) is 5.32 Å². The Morgan fingerprint density at radius 1 is 1.41 bits per heavy atom. The number of nitrogens with two attached hydrogens (primary N) is 1. The first kappa shape index (κ1) is 12.5. The number of nitrogens with one attached hydrogen (secondary N) is 1. The molecule has 92 valence electrons. The standard InChI is InChI=1S/C13H18N2OS/c1-13(12(14)16,15-10-5-6-10)9-3-7-11(17-2)8-4-9/h3-4,7-8,10,15H,5-6H2,1-2H3,(H2,14,16). The minimum Gasteiger partial charge on any atom is -0.368 e. The molecule has 1 aliphatic carbocycles. The summed E-state index contributed by atoms with van der Waals surface area (Å²) in [5.74, 6) is -0.318. The number of hydrogen-bond donors (Lipinski definition) is 2. The fraction of sp³-hybridized carbons (Fsp3) is 0.462. The molecular formula is C13H18N2OS. The highest BCUT2D eigenvalue weighted by Gasteiger charge is 2.38. The first-order valence-corrected chi connectivity index (χ1v) is 7.01. The van der Waals surface area contributed by atoms with Crippen LogP contribution >= 0.6 is 11.8 Å². The van der Waals surface area contributed by atoms with E-state index in [2.05, 4.69) is 5.32 Å². The summed E-state index contributed by atoms with van der Waals surface area (Å²) in [5, 5.41) is 3.34. The summed E-state index contributed by atoms with van der Waals surface area (Å²) >= 11 is 1.69. The molecule has 1 aromatic rings. The van der Waals surface area contributed by atoms with Gasteiger partial charge >= 0.3 is 0 Å². The van der Waals surface area contributed by atoms with Crippen LogP contribution in [0.5, 0.6) is 0 Å².